The first kappa shape index (κ1) is 21.3. The Hall–Kier alpha value is -2.43. The zero-order valence-electron chi connectivity index (χ0n) is 15.8. The topological polar surface area (TPSA) is 111 Å². The summed E-state index contributed by atoms with van der Waals surface area (Å²) in [6, 6.07) is 4.21. The van der Waals surface area contributed by atoms with Crippen LogP contribution < -0.4 is 5.32 Å². The highest BCUT2D eigenvalue weighted by Gasteiger charge is 2.28. The number of esters is 1. The number of ether oxygens (including phenoxy) is 1. The van der Waals surface area contributed by atoms with Crippen LogP contribution in [0.2, 0.25) is 5.02 Å². The summed E-state index contributed by atoms with van der Waals surface area (Å²) in [6.07, 6.45) is 5.40. The third kappa shape index (κ3) is 5.14. The van der Waals surface area contributed by atoms with Crippen molar-refractivity contribution in [2.24, 2.45) is 7.05 Å². The number of sulfonamides is 1. The minimum Gasteiger partial charge on any atom is -0.452 e. The lowest BCUT2D eigenvalue weighted by Gasteiger charge is -2.26. The van der Waals surface area contributed by atoms with E-state index in [0.717, 1.165) is 19.3 Å². The number of anilines is 1. The normalized spacial score (nSPS) is 15.1. The predicted octanol–water partition coefficient (Wildman–Crippen LogP) is 2.04. The lowest BCUT2D eigenvalue weighted by atomic mass is 10.2. The van der Waals surface area contributed by atoms with E-state index in [1.54, 1.807) is 7.05 Å². The van der Waals surface area contributed by atoms with Gasteiger partial charge in [-0.3, -0.25) is 9.48 Å². The maximum absolute atomic E-state index is 12.9. The second-order valence-electron chi connectivity index (χ2n) is 6.64. The van der Waals surface area contributed by atoms with Crippen LogP contribution in [0.3, 0.4) is 0 Å². The van der Waals surface area contributed by atoms with Crippen LogP contribution in [0.4, 0.5) is 5.69 Å². The van der Waals surface area contributed by atoms with Crippen molar-refractivity contribution in [1.29, 1.82) is 0 Å². The fourth-order valence-electron chi connectivity index (χ4n) is 2.96. The van der Waals surface area contributed by atoms with Crippen molar-refractivity contribution in [3.8, 4) is 0 Å². The number of hydrogen-bond donors (Lipinski definition) is 1. The molecule has 1 aliphatic rings. The van der Waals surface area contributed by atoms with Crippen molar-refractivity contribution in [2.75, 3.05) is 25.0 Å². The molecule has 0 atom stereocenters. The van der Waals surface area contributed by atoms with Gasteiger partial charge in [0.15, 0.2) is 6.61 Å². The third-order valence-electron chi connectivity index (χ3n) is 4.42. The summed E-state index contributed by atoms with van der Waals surface area (Å²) < 4.78 is 33.5. The molecule has 156 valence electrons. The smallest absolute Gasteiger partial charge is 0.341 e. The first-order valence-corrected chi connectivity index (χ1v) is 10.8. The molecular formula is C18H21ClN4O5S. The number of halogens is 1. The molecule has 0 unspecified atom stereocenters. The van der Waals surface area contributed by atoms with E-state index in [9.17, 15) is 18.0 Å². The monoisotopic (exact) mass is 440 g/mol. The van der Waals surface area contributed by atoms with Gasteiger partial charge in [-0.25, -0.2) is 13.2 Å². The Balaban J connectivity index is 1.66. The zero-order valence-corrected chi connectivity index (χ0v) is 17.4. The van der Waals surface area contributed by atoms with Gasteiger partial charge in [0.25, 0.3) is 5.91 Å². The van der Waals surface area contributed by atoms with Crippen LogP contribution in [0.5, 0.6) is 0 Å². The van der Waals surface area contributed by atoms with E-state index >= 15 is 0 Å². The number of hydrogen-bond acceptors (Lipinski definition) is 6. The van der Waals surface area contributed by atoms with E-state index in [0.29, 0.717) is 13.1 Å². The highest BCUT2D eigenvalue weighted by molar-refractivity contribution is 7.89. The van der Waals surface area contributed by atoms with E-state index in [-0.39, 0.29) is 21.2 Å². The van der Waals surface area contributed by atoms with Gasteiger partial charge in [-0.05, 0) is 31.0 Å². The van der Waals surface area contributed by atoms with Crippen molar-refractivity contribution in [2.45, 2.75) is 24.2 Å². The summed E-state index contributed by atoms with van der Waals surface area (Å²) in [5, 5.41) is 6.45. The maximum Gasteiger partial charge on any atom is 0.341 e. The molecule has 3 rings (SSSR count). The van der Waals surface area contributed by atoms with E-state index in [1.807, 2.05) is 0 Å². The van der Waals surface area contributed by atoms with Gasteiger partial charge in [0.05, 0.1) is 16.8 Å². The molecule has 1 amide bonds. The Labute approximate surface area is 173 Å². The summed E-state index contributed by atoms with van der Waals surface area (Å²) in [5.41, 5.74) is 0.467. The Bertz CT molecular complexity index is 1020. The van der Waals surface area contributed by atoms with E-state index in [1.165, 1.54) is 39.6 Å². The molecule has 0 radical (unpaired) electrons. The average Bonchev–Trinajstić information content (AvgIpc) is 3.14. The second kappa shape index (κ2) is 8.93. The van der Waals surface area contributed by atoms with E-state index in [2.05, 4.69) is 10.4 Å². The number of benzene rings is 1. The van der Waals surface area contributed by atoms with Crippen LogP contribution in [0, 0.1) is 0 Å². The standard InChI is InChI=1S/C18H21ClN4O5S/c1-22-11-13(10-20-22)18(25)28-12-17(24)21-14-5-6-15(19)16(9-14)29(26,27)23-7-3-2-4-8-23/h5-6,9-11H,2-4,7-8,12H2,1H3,(H,21,24). The van der Waals surface area contributed by atoms with Gasteiger partial charge in [-0.2, -0.15) is 9.40 Å². The maximum atomic E-state index is 12.9. The molecule has 2 heterocycles. The van der Waals surface area contributed by atoms with Crippen molar-refractivity contribution >= 4 is 39.2 Å². The van der Waals surface area contributed by atoms with Gasteiger partial charge < -0.3 is 10.1 Å². The fraction of sp³-hybridized carbons (Fsp3) is 0.389. The van der Waals surface area contributed by atoms with Crippen LogP contribution in [0.25, 0.3) is 0 Å². The van der Waals surface area contributed by atoms with Crippen molar-refractivity contribution < 1.29 is 22.7 Å². The van der Waals surface area contributed by atoms with Crippen LogP contribution >= 0.6 is 11.6 Å². The SMILES string of the molecule is Cn1cc(C(=O)OCC(=O)Nc2ccc(Cl)c(S(=O)(=O)N3CCCCC3)c2)cn1. The zero-order chi connectivity index (χ0) is 21.0. The molecule has 1 aromatic heterocycles. The molecule has 9 nitrogen and oxygen atoms in total. The molecule has 29 heavy (non-hydrogen) atoms. The molecular weight excluding hydrogens is 420 g/mol. The van der Waals surface area contributed by atoms with Crippen molar-refractivity contribution in [1.82, 2.24) is 14.1 Å². The molecule has 1 saturated heterocycles. The molecule has 1 N–H and O–H groups in total. The van der Waals surface area contributed by atoms with Gasteiger partial charge in [0.2, 0.25) is 10.0 Å². The molecule has 0 bridgehead atoms. The van der Waals surface area contributed by atoms with Crippen LogP contribution in [-0.2, 0) is 26.6 Å². The van der Waals surface area contributed by atoms with E-state index < -0.39 is 28.5 Å². The Morgan fingerprint density at radius 3 is 2.62 bits per heavy atom. The first-order chi connectivity index (χ1) is 13.8. The predicted molar refractivity (Wildman–Crippen MR) is 106 cm³/mol. The van der Waals surface area contributed by atoms with Gasteiger partial charge in [0.1, 0.15) is 4.90 Å². The van der Waals surface area contributed by atoms with Gasteiger partial charge in [-0.1, -0.05) is 18.0 Å². The summed E-state index contributed by atoms with van der Waals surface area (Å²) in [4.78, 5) is 23.9. The van der Waals surface area contributed by atoms with E-state index in [4.69, 9.17) is 16.3 Å². The molecule has 1 aromatic carbocycles. The van der Waals surface area contributed by atoms with Gasteiger partial charge in [-0.15, -0.1) is 0 Å². The molecule has 0 aliphatic carbocycles. The number of carbonyl (C=O) groups excluding carboxylic acids is 2. The lowest BCUT2D eigenvalue weighted by Crippen LogP contribution is -2.35. The van der Waals surface area contributed by atoms with Crippen molar-refractivity contribution in [3.63, 3.8) is 0 Å². The highest BCUT2D eigenvalue weighted by atomic mass is 35.5. The third-order valence-corrected chi connectivity index (χ3v) is 6.80. The van der Waals surface area contributed by atoms with Crippen LogP contribution in [0.1, 0.15) is 29.6 Å². The number of nitrogens with zero attached hydrogens (tertiary/aromatic N) is 3. The average molecular weight is 441 g/mol. The number of nitrogens with one attached hydrogen (secondary N) is 1. The highest BCUT2D eigenvalue weighted by Crippen LogP contribution is 2.29. The summed E-state index contributed by atoms with van der Waals surface area (Å²) in [7, 11) is -2.10. The quantitative estimate of drug-likeness (QED) is 0.688. The fourth-order valence-corrected chi connectivity index (χ4v) is 4.98. The van der Waals surface area contributed by atoms with Gasteiger partial charge in [0, 0.05) is 32.0 Å². The minimum atomic E-state index is -3.75. The van der Waals surface area contributed by atoms with Crippen molar-refractivity contribution in [3.05, 3.63) is 41.2 Å². The largest absolute Gasteiger partial charge is 0.452 e. The number of piperidine rings is 1. The molecule has 1 fully saturated rings. The molecule has 2 aromatic rings. The number of rotatable bonds is 6. The first-order valence-electron chi connectivity index (χ1n) is 9.03. The molecule has 1 aliphatic heterocycles. The number of carbonyl (C=O) groups is 2. The lowest BCUT2D eigenvalue weighted by molar-refractivity contribution is -0.119. The summed E-state index contributed by atoms with van der Waals surface area (Å²) >= 11 is 6.11. The Morgan fingerprint density at radius 2 is 1.97 bits per heavy atom. The Morgan fingerprint density at radius 1 is 1.24 bits per heavy atom. The molecule has 0 saturated carbocycles. The molecule has 11 heteroatoms. The second-order valence-corrected chi connectivity index (χ2v) is 8.95. The number of amides is 1. The summed E-state index contributed by atoms with van der Waals surface area (Å²) in [5.74, 6) is -1.29. The molecule has 0 spiro atoms. The van der Waals surface area contributed by atoms with Gasteiger partial charge >= 0.3 is 5.97 Å². The number of aromatic nitrogens is 2. The minimum absolute atomic E-state index is 0.0637. The number of aryl methyl sites for hydroxylation is 1. The van der Waals surface area contributed by atoms with Crippen LogP contribution in [0.15, 0.2) is 35.5 Å². The Kier molecular flexibility index (Phi) is 6.56. The van der Waals surface area contributed by atoms with Crippen LogP contribution in [-0.4, -0.2) is 54.1 Å². The summed E-state index contributed by atoms with van der Waals surface area (Å²) in [6.45, 7) is 0.365.